The quantitative estimate of drug-likeness (QED) is 0.798. The number of benzene rings is 2. The van der Waals surface area contributed by atoms with Crippen LogP contribution in [-0.4, -0.2) is 35.7 Å². The smallest absolute Gasteiger partial charge is 0.235 e. The first-order valence-electron chi connectivity index (χ1n) is 10.5. The van der Waals surface area contributed by atoms with Crippen molar-refractivity contribution >= 4 is 29.1 Å². The maximum atomic E-state index is 13.5. The molecule has 0 bridgehead atoms. The van der Waals surface area contributed by atoms with Crippen molar-refractivity contribution in [1.82, 2.24) is 4.90 Å². The highest BCUT2D eigenvalue weighted by atomic mass is 16.2. The van der Waals surface area contributed by atoms with Crippen molar-refractivity contribution in [3.8, 4) is 0 Å². The number of piperidine rings is 1. The SMILES string of the molecule is CC(=O)N1CCC(C(=O)Nc2cccc(NC(=O)C3CC3)c2)(c2ccccc2)CC1. The summed E-state index contributed by atoms with van der Waals surface area (Å²) in [5.74, 6) is 0.116. The summed E-state index contributed by atoms with van der Waals surface area (Å²) in [4.78, 5) is 39.1. The Kier molecular flexibility index (Phi) is 5.57. The van der Waals surface area contributed by atoms with Gasteiger partial charge in [0.25, 0.3) is 0 Å². The van der Waals surface area contributed by atoms with Crippen molar-refractivity contribution < 1.29 is 14.4 Å². The van der Waals surface area contributed by atoms with E-state index >= 15 is 0 Å². The Morgan fingerprint density at radius 2 is 1.53 bits per heavy atom. The van der Waals surface area contributed by atoms with Crippen molar-refractivity contribution in [2.24, 2.45) is 5.92 Å². The molecule has 1 heterocycles. The first-order chi connectivity index (χ1) is 14.5. The molecule has 1 saturated carbocycles. The minimum atomic E-state index is -0.694. The summed E-state index contributed by atoms with van der Waals surface area (Å²) in [6.45, 7) is 2.67. The van der Waals surface area contributed by atoms with Crippen LogP contribution in [0.4, 0.5) is 11.4 Å². The van der Waals surface area contributed by atoms with E-state index in [0.29, 0.717) is 37.3 Å². The molecule has 3 amide bonds. The molecule has 6 heteroatoms. The highest BCUT2D eigenvalue weighted by molar-refractivity contribution is 6.00. The van der Waals surface area contributed by atoms with Gasteiger partial charge in [0.15, 0.2) is 0 Å². The minimum Gasteiger partial charge on any atom is -0.343 e. The summed E-state index contributed by atoms with van der Waals surface area (Å²) in [6, 6.07) is 17.1. The van der Waals surface area contributed by atoms with Crippen LogP contribution < -0.4 is 10.6 Å². The molecule has 2 N–H and O–H groups in total. The van der Waals surface area contributed by atoms with Gasteiger partial charge in [-0.05, 0) is 49.4 Å². The van der Waals surface area contributed by atoms with Gasteiger partial charge in [0, 0.05) is 37.3 Å². The fraction of sp³-hybridized carbons (Fsp3) is 0.375. The van der Waals surface area contributed by atoms with Crippen molar-refractivity contribution in [3.63, 3.8) is 0 Å². The molecule has 4 rings (SSSR count). The van der Waals surface area contributed by atoms with Crippen LogP contribution in [0.25, 0.3) is 0 Å². The van der Waals surface area contributed by atoms with Gasteiger partial charge >= 0.3 is 0 Å². The molecule has 2 aromatic carbocycles. The van der Waals surface area contributed by atoms with Crippen LogP contribution in [0.15, 0.2) is 54.6 Å². The van der Waals surface area contributed by atoms with Crippen LogP contribution in [0.3, 0.4) is 0 Å². The van der Waals surface area contributed by atoms with E-state index in [-0.39, 0.29) is 23.6 Å². The normalized spacial score (nSPS) is 17.8. The standard InChI is InChI=1S/C24H27N3O3/c1-17(28)27-14-12-24(13-15-27,19-6-3-2-4-7-19)23(30)26-21-9-5-8-20(16-21)25-22(29)18-10-11-18/h2-9,16,18H,10-15H2,1H3,(H,25,29)(H,26,30). The van der Waals surface area contributed by atoms with Crippen molar-refractivity contribution in [2.45, 2.75) is 38.0 Å². The molecule has 6 nitrogen and oxygen atoms in total. The lowest BCUT2D eigenvalue weighted by molar-refractivity contribution is -0.133. The van der Waals surface area contributed by atoms with Gasteiger partial charge < -0.3 is 15.5 Å². The lowest BCUT2D eigenvalue weighted by Gasteiger charge is -2.40. The van der Waals surface area contributed by atoms with E-state index < -0.39 is 5.41 Å². The Hall–Kier alpha value is -3.15. The van der Waals surface area contributed by atoms with E-state index in [1.165, 1.54) is 0 Å². The molecule has 0 atom stereocenters. The Morgan fingerprint density at radius 3 is 2.13 bits per heavy atom. The molecular formula is C24H27N3O3. The predicted octanol–water partition coefficient (Wildman–Crippen LogP) is 3.55. The van der Waals surface area contributed by atoms with Gasteiger partial charge in [0.05, 0.1) is 5.41 Å². The third-order valence-electron chi connectivity index (χ3n) is 6.16. The van der Waals surface area contributed by atoms with Gasteiger partial charge in [0.2, 0.25) is 17.7 Å². The maximum Gasteiger partial charge on any atom is 0.235 e. The minimum absolute atomic E-state index is 0.0378. The second-order valence-corrected chi connectivity index (χ2v) is 8.25. The monoisotopic (exact) mass is 405 g/mol. The topological polar surface area (TPSA) is 78.5 Å². The number of nitrogens with one attached hydrogen (secondary N) is 2. The lowest BCUT2D eigenvalue weighted by atomic mass is 9.72. The van der Waals surface area contributed by atoms with Gasteiger partial charge in [-0.25, -0.2) is 0 Å². The Balaban J connectivity index is 1.54. The summed E-state index contributed by atoms with van der Waals surface area (Å²) in [5, 5.41) is 5.98. The molecule has 0 aromatic heterocycles. The maximum absolute atomic E-state index is 13.5. The first-order valence-corrected chi connectivity index (χ1v) is 10.5. The Morgan fingerprint density at radius 1 is 0.900 bits per heavy atom. The van der Waals surface area contributed by atoms with Crippen molar-refractivity contribution in [3.05, 3.63) is 60.2 Å². The zero-order valence-corrected chi connectivity index (χ0v) is 17.2. The molecule has 1 saturated heterocycles. The summed E-state index contributed by atoms with van der Waals surface area (Å²) in [7, 11) is 0. The van der Waals surface area contributed by atoms with E-state index in [1.807, 2.05) is 48.5 Å². The molecule has 0 unspecified atom stereocenters. The van der Waals surface area contributed by atoms with Crippen molar-refractivity contribution in [2.75, 3.05) is 23.7 Å². The lowest BCUT2D eigenvalue weighted by Crippen LogP contribution is -2.50. The zero-order valence-electron chi connectivity index (χ0n) is 17.2. The summed E-state index contributed by atoms with van der Waals surface area (Å²) >= 11 is 0. The number of hydrogen-bond acceptors (Lipinski definition) is 3. The van der Waals surface area contributed by atoms with Crippen LogP contribution in [0.2, 0.25) is 0 Å². The zero-order chi connectivity index (χ0) is 21.1. The molecule has 0 radical (unpaired) electrons. The number of amides is 3. The average molecular weight is 405 g/mol. The van der Waals surface area contributed by atoms with Crippen LogP contribution in [0.1, 0.15) is 38.2 Å². The third kappa shape index (κ3) is 4.22. The molecular weight excluding hydrogens is 378 g/mol. The highest BCUT2D eigenvalue weighted by Crippen LogP contribution is 2.37. The summed E-state index contributed by atoms with van der Waals surface area (Å²) in [6.07, 6.45) is 3.03. The number of hydrogen-bond donors (Lipinski definition) is 2. The van der Waals surface area contributed by atoms with Crippen LogP contribution in [-0.2, 0) is 19.8 Å². The van der Waals surface area contributed by atoms with Crippen LogP contribution >= 0.6 is 0 Å². The van der Waals surface area contributed by atoms with Crippen molar-refractivity contribution in [1.29, 1.82) is 0 Å². The van der Waals surface area contributed by atoms with E-state index in [1.54, 1.807) is 17.9 Å². The molecule has 30 heavy (non-hydrogen) atoms. The van der Waals surface area contributed by atoms with Gasteiger partial charge in [-0.15, -0.1) is 0 Å². The van der Waals surface area contributed by atoms with Gasteiger partial charge in [-0.1, -0.05) is 36.4 Å². The fourth-order valence-electron chi connectivity index (χ4n) is 4.12. The van der Waals surface area contributed by atoms with E-state index in [0.717, 1.165) is 18.4 Å². The molecule has 2 fully saturated rings. The Labute approximate surface area is 176 Å². The molecule has 156 valence electrons. The van der Waals surface area contributed by atoms with Crippen LogP contribution in [0, 0.1) is 5.92 Å². The molecule has 1 aliphatic heterocycles. The highest BCUT2D eigenvalue weighted by Gasteiger charge is 2.43. The number of carbonyl (C=O) groups is 3. The first kappa shape index (κ1) is 20.1. The fourth-order valence-corrected chi connectivity index (χ4v) is 4.12. The summed E-state index contributed by atoms with van der Waals surface area (Å²) < 4.78 is 0. The third-order valence-corrected chi connectivity index (χ3v) is 6.16. The molecule has 2 aromatic rings. The number of likely N-dealkylation sites (tertiary alicyclic amines) is 1. The van der Waals surface area contributed by atoms with E-state index in [9.17, 15) is 14.4 Å². The largest absolute Gasteiger partial charge is 0.343 e. The summed E-state index contributed by atoms with van der Waals surface area (Å²) in [5.41, 5.74) is 1.60. The van der Waals surface area contributed by atoms with Gasteiger partial charge in [-0.2, -0.15) is 0 Å². The molecule has 0 spiro atoms. The predicted molar refractivity (Wildman–Crippen MR) is 116 cm³/mol. The van der Waals surface area contributed by atoms with Crippen LogP contribution in [0.5, 0.6) is 0 Å². The number of carbonyl (C=O) groups excluding carboxylic acids is 3. The Bertz CT molecular complexity index is 945. The molecule has 2 aliphatic rings. The molecule has 1 aliphatic carbocycles. The number of anilines is 2. The number of nitrogens with zero attached hydrogens (tertiary/aromatic N) is 1. The van der Waals surface area contributed by atoms with E-state index in [4.69, 9.17) is 0 Å². The number of rotatable bonds is 5. The second-order valence-electron chi connectivity index (χ2n) is 8.25. The second kappa shape index (κ2) is 8.30. The van der Waals surface area contributed by atoms with E-state index in [2.05, 4.69) is 10.6 Å². The average Bonchev–Trinajstić information content (AvgIpc) is 3.60. The van der Waals surface area contributed by atoms with Gasteiger partial charge in [0.1, 0.15) is 0 Å². The van der Waals surface area contributed by atoms with Gasteiger partial charge in [-0.3, -0.25) is 14.4 Å².